The first kappa shape index (κ1) is 27.8. The van der Waals surface area contributed by atoms with E-state index in [2.05, 4.69) is 21.2 Å². The summed E-state index contributed by atoms with van der Waals surface area (Å²) in [6, 6.07) is -1.86. The van der Waals surface area contributed by atoms with Crippen molar-refractivity contribution in [1.29, 1.82) is 0 Å². The molecule has 5 bridgehead atoms. The molecule has 4 heterocycles. The quantitative estimate of drug-likeness (QED) is 0.378. The van der Waals surface area contributed by atoms with E-state index in [-0.39, 0.29) is 44.0 Å². The van der Waals surface area contributed by atoms with Crippen molar-refractivity contribution in [1.82, 2.24) is 15.1 Å². The molecule has 4 aliphatic rings. The van der Waals surface area contributed by atoms with Crippen LogP contribution in [0.1, 0.15) is 47.0 Å². The van der Waals surface area contributed by atoms with Crippen molar-refractivity contribution in [3.05, 3.63) is 22.7 Å². The number of rotatable bonds is 4. The van der Waals surface area contributed by atoms with Gasteiger partial charge in [-0.15, -0.1) is 0 Å². The van der Waals surface area contributed by atoms with E-state index < -0.39 is 53.6 Å². The zero-order valence-electron chi connectivity index (χ0n) is 21.7. The number of aliphatic hydroxyl groups is 1. The second-order valence-corrected chi connectivity index (χ2v) is 11.4. The number of carbonyl (C=O) groups excluding carboxylic acids is 4. The minimum Gasteiger partial charge on any atom is -0.460 e. The number of aliphatic hydroxyl groups excluding tert-OH is 1. The molecule has 1 spiro atoms. The lowest BCUT2D eigenvalue weighted by Gasteiger charge is -2.39. The molecule has 0 aromatic carbocycles. The molecule has 10 nitrogen and oxygen atoms in total. The summed E-state index contributed by atoms with van der Waals surface area (Å²) in [6.45, 7) is 7.40. The summed E-state index contributed by atoms with van der Waals surface area (Å²) in [5.74, 6) is -3.44. The highest BCUT2D eigenvalue weighted by Crippen LogP contribution is 2.59. The summed E-state index contributed by atoms with van der Waals surface area (Å²) in [6.07, 6.45) is 5.26. The molecule has 0 aromatic rings. The molecule has 2 saturated heterocycles. The molecule has 2 N–H and O–H groups in total. The number of amides is 3. The number of fused-ring (bicyclic) bond motifs is 2. The van der Waals surface area contributed by atoms with Gasteiger partial charge in [0.2, 0.25) is 17.7 Å². The summed E-state index contributed by atoms with van der Waals surface area (Å²) in [5, 5.41) is 12.9. The van der Waals surface area contributed by atoms with Gasteiger partial charge in [0.15, 0.2) is 0 Å². The predicted octanol–water partition coefficient (Wildman–Crippen LogP) is 1.27. The number of allylic oxidation sites excluding steroid dienone is 1. The molecule has 0 aromatic heterocycles. The smallest absolute Gasteiger partial charge is 0.313 e. The predicted molar refractivity (Wildman–Crippen MR) is 137 cm³/mol. The third kappa shape index (κ3) is 4.74. The van der Waals surface area contributed by atoms with Gasteiger partial charge in [0, 0.05) is 23.5 Å². The van der Waals surface area contributed by atoms with Crippen molar-refractivity contribution in [2.24, 2.45) is 11.8 Å². The average molecular weight is 582 g/mol. The van der Waals surface area contributed by atoms with Crippen LogP contribution in [0.25, 0.3) is 0 Å². The number of hydrogen-bond acceptors (Lipinski definition) is 7. The third-order valence-electron chi connectivity index (χ3n) is 7.76. The number of esters is 1. The molecule has 0 saturated carbocycles. The maximum Gasteiger partial charge on any atom is 0.313 e. The zero-order chi connectivity index (χ0) is 27.1. The molecule has 2 fully saturated rings. The molecular formula is C26H36BrN3O7. The molecule has 11 heteroatoms. The minimum absolute atomic E-state index is 0.143. The molecule has 4 rings (SSSR count). The zero-order valence-corrected chi connectivity index (χ0v) is 23.3. The highest BCUT2D eigenvalue weighted by molar-refractivity contribution is 9.11. The van der Waals surface area contributed by atoms with Crippen LogP contribution in [0.3, 0.4) is 0 Å². The molecule has 7 atom stereocenters. The molecular weight excluding hydrogens is 546 g/mol. The van der Waals surface area contributed by atoms with Crippen LogP contribution in [0, 0.1) is 11.8 Å². The van der Waals surface area contributed by atoms with E-state index in [0.29, 0.717) is 17.3 Å². The molecule has 0 radical (unpaired) electrons. The van der Waals surface area contributed by atoms with Gasteiger partial charge in [-0.1, -0.05) is 35.0 Å². The van der Waals surface area contributed by atoms with E-state index >= 15 is 0 Å². The number of nitrogens with zero attached hydrogens (tertiary/aromatic N) is 2. The van der Waals surface area contributed by atoms with Crippen LogP contribution in [-0.2, 0) is 28.7 Å². The van der Waals surface area contributed by atoms with Gasteiger partial charge in [0.05, 0.1) is 25.1 Å². The Balaban J connectivity index is 1.83. The molecule has 4 aliphatic heterocycles. The lowest BCUT2D eigenvalue weighted by Crippen LogP contribution is -2.59. The Morgan fingerprint density at radius 2 is 1.95 bits per heavy atom. The average Bonchev–Trinajstić information content (AvgIpc) is 3.43. The van der Waals surface area contributed by atoms with Gasteiger partial charge in [0.1, 0.15) is 29.8 Å². The summed E-state index contributed by atoms with van der Waals surface area (Å²) in [5.41, 5.74) is -1.37. The number of cyclic esters (lactones) is 1. The standard InChI is InChI=1S/C26H36BrN3O7/c1-5-16(13-31)30-22-24(34)29(14(2)3)10-8-6-7-9-18(32)28-12-15(4)36-25(35)19-20(23(30)33)26(22)11-17(27)21(19)37-26/h6,8,11,14-16,19-22,31H,5,7,9-10,12-13H2,1-4H3,(H,28,32)/b8-6-/t15-,16+,19+,20-,21+,22+,26-/m1/s1. The fraction of sp³-hybridized carbons (Fsp3) is 0.692. The Kier molecular flexibility index (Phi) is 8.16. The minimum atomic E-state index is -1.37. The van der Waals surface area contributed by atoms with E-state index in [1.807, 2.05) is 32.9 Å². The third-order valence-corrected chi connectivity index (χ3v) is 8.44. The van der Waals surface area contributed by atoms with Gasteiger partial charge in [-0.05, 0) is 39.7 Å². The van der Waals surface area contributed by atoms with E-state index in [1.54, 1.807) is 17.9 Å². The Bertz CT molecular complexity index is 1010. The van der Waals surface area contributed by atoms with Crippen molar-refractivity contribution in [2.45, 2.75) is 82.9 Å². The van der Waals surface area contributed by atoms with Crippen LogP contribution in [0.4, 0.5) is 0 Å². The van der Waals surface area contributed by atoms with E-state index in [9.17, 15) is 24.3 Å². The summed E-state index contributed by atoms with van der Waals surface area (Å²) in [4.78, 5) is 57.0. The second kappa shape index (κ2) is 10.9. The normalized spacial score (nSPS) is 36.4. The highest BCUT2D eigenvalue weighted by Gasteiger charge is 2.75. The maximum absolute atomic E-state index is 14.3. The lowest BCUT2D eigenvalue weighted by molar-refractivity contribution is -0.159. The van der Waals surface area contributed by atoms with Gasteiger partial charge in [-0.3, -0.25) is 19.2 Å². The number of ether oxygens (including phenoxy) is 2. The van der Waals surface area contributed by atoms with Crippen molar-refractivity contribution < 1.29 is 33.8 Å². The monoisotopic (exact) mass is 581 g/mol. The number of halogens is 1. The highest BCUT2D eigenvalue weighted by atomic mass is 79.9. The fourth-order valence-electron chi connectivity index (χ4n) is 5.91. The van der Waals surface area contributed by atoms with Gasteiger partial charge >= 0.3 is 5.97 Å². The first-order chi connectivity index (χ1) is 17.6. The molecule has 3 amide bonds. The van der Waals surface area contributed by atoms with Crippen molar-refractivity contribution >= 4 is 39.6 Å². The largest absolute Gasteiger partial charge is 0.460 e. The Morgan fingerprint density at radius 1 is 1.22 bits per heavy atom. The molecule has 204 valence electrons. The Morgan fingerprint density at radius 3 is 2.59 bits per heavy atom. The topological polar surface area (TPSA) is 125 Å². The number of hydrogen-bond donors (Lipinski definition) is 2. The van der Waals surface area contributed by atoms with E-state index in [4.69, 9.17) is 9.47 Å². The van der Waals surface area contributed by atoms with Gasteiger partial charge < -0.3 is 29.7 Å². The first-order valence-electron chi connectivity index (χ1n) is 13.0. The maximum atomic E-state index is 14.3. The van der Waals surface area contributed by atoms with Crippen LogP contribution in [-0.4, -0.2) is 94.2 Å². The van der Waals surface area contributed by atoms with Crippen LogP contribution in [0.2, 0.25) is 0 Å². The first-order valence-corrected chi connectivity index (χ1v) is 13.8. The Hall–Kier alpha value is -2.24. The molecule has 0 aliphatic carbocycles. The fourth-order valence-corrected chi connectivity index (χ4v) is 6.65. The van der Waals surface area contributed by atoms with E-state index in [0.717, 1.165) is 0 Å². The van der Waals surface area contributed by atoms with E-state index in [1.165, 1.54) is 4.90 Å². The molecule has 37 heavy (non-hydrogen) atoms. The SMILES string of the molecule is CC[C@@H](CO)N1C(=O)[C@H]2[C@@H]3C(=O)O[C@H](C)CNC(=O)CC/C=C\CN(C(C)C)C(=O)[C@H]1[C@@]21C=C(Br)[C@@H]3O1. The number of carbonyl (C=O) groups is 4. The number of likely N-dealkylation sites (tertiary alicyclic amines) is 1. The van der Waals surface area contributed by atoms with Crippen LogP contribution >= 0.6 is 15.9 Å². The van der Waals surface area contributed by atoms with Crippen LogP contribution in [0.15, 0.2) is 22.7 Å². The van der Waals surface area contributed by atoms with Gasteiger partial charge in [-0.25, -0.2) is 0 Å². The number of nitrogens with one attached hydrogen (secondary N) is 1. The molecule has 0 unspecified atom stereocenters. The van der Waals surface area contributed by atoms with Crippen molar-refractivity contribution in [3.63, 3.8) is 0 Å². The van der Waals surface area contributed by atoms with Gasteiger partial charge in [-0.2, -0.15) is 0 Å². The lowest BCUT2D eigenvalue weighted by atomic mass is 9.74. The van der Waals surface area contributed by atoms with Crippen LogP contribution in [0.5, 0.6) is 0 Å². The van der Waals surface area contributed by atoms with Crippen molar-refractivity contribution in [2.75, 3.05) is 19.7 Å². The summed E-state index contributed by atoms with van der Waals surface area (Å²) >= 11 is 3.51. The van der Waals surface area contributed by atoms with Crippen molar-refractivity contribution in [3.8, 4) is 0 Å². The summed E-state index contributed by atoms with van der Waals surface area (Å²) in [7, 11) is 0. The van der Waals surface area contributed by atoms with Gasteiger partial charge in [0.25, 0.3) is 0 Å². The summed E-state index contributed by atoms with van der Waals surface area (Å²) < 4.78 is 12.7. The van der Waals surface area contributed by atoms with Crippen LogP contribution < -0.4 is 5.32 Å². The Labute approximate surface area is 225 Å². The second-order valence-electron chi connectivity index (χ2n) is 10.5.